The lowest BCUT2D eigenvalue weighted by atomic mass is 9.84. The molecule has 2 aromatic rings. The van der Waals surface area contributed by atoms with Crippen molar-refractivity contribution in [3.63, 3.8) is 0 Å². The molecule has 1 aliphatic heterocycles. The monoisotopic (exact) mass is 378 g/mol. The maximum absolute atomic E-state index is 12.0. The lowest BCUT2D eigenvalue weighted by molar-refractivity contribution is -0.119. The fourth-order valence-corrected chi connectivity index (χ4v) is 3.52. The summed E-state index contributed by atoms with van der Waals surface area (Å²) in [6.45, 7) is 4.47. The van der Waals surface area contributed by atoms with Gasteiger partial charge in [-0.25, -0.2) is 5.43 Å². The van der Waals surface area contributed by atoms with Gasteiger partial charge in [0.15, 0.2) is 0 Å². The number of allylic oxidation sites excluding steroid dienone is 2. The predicted octanol–water partition coefficient (Wildman–Crippen LogP) is 3.52. The van der Waals surface area contributed by atoms with E-state index in [1.54, 1.807) is 13.3 Å². The molecule has 1 amide bonds. The Balaban J connectivity index is 1.58. The minimum absolute atomic E-state index is 0.102. The number of rotatable bonds is 6. The average molecular weight is 378 g/mol. The van der Waals surface area contributed by atoms with Gasteiger partial charge in [0, 0.05) is 30.1 Å². The van der Waals surface area contributed by atoms with Crippen LogP contribution in [-0.2, 0) is 10.2 Å². The predicted molar refractivity (Wildman–Crippen MR) is 114 cm³/mol. The Morgan fingerprint density at radius 1 is 1.18 bits per heavy atom. The van der Waals surface area contributed by atoms with Crippen molar-refractivity contribution in [3.8, 4) is 5.75 Å². The Morgan fingerprint density at radius 3 is 2.64 bits per heavy atom. The van der Waals surface area contributed by atoms with Crippen LogP contribution in [-0.4, -0.2) is 32.8 Å². The number of anilines is 2. The number of nitrogens with zero attached hydrogens (tertiary/aromatic N) is 2. The lowest BCUT2D eigenvalue weighted by Gasteiger charge is -2.23. The van der Waals surface area contributed by atoms with Crippen molar-refractivity contribution >= 4 is 23.5 Å². The Hall–Kier alpha value is -3.28. The number of hydrogen-bond donors (Lipinski definition) is 2. The minimum atomic E-state index is -0.233. The summed E-state index contributed by atoms with van der Waals surface area (Å²) in [5.41, 5.74) is 6.78. The number of para-hydroxylation sites is 3. The number of hydrazone groups is 1. The van der Waals surface area contributed by atoms with Gasteiger partial charge >= 0.3 is 0 Å². The highest BCUT2D eigenvalue weighted by atomic mass is 16.5. The van der Waals surface area contributed by atoms with Gasteiger partial charge in [-0.15, -0.1) is 0 Å². The number of amides is 1. The highest BCUT2D eigenvalue weighted by Crippen LogP contribution is 2.46. The molecule has 2 N–H and O–H groups in total. The molecule has 0 saturated carbocycles. The highest BCUT2D eigenvalue weighted by Gasteiger charge is 2.37. The van der Waals surface area contributed by atoms with Crippen LogP contribution in [0.2, 0.25) is 0 Å². The van der Waals surface area contributed by atoms with Crippen LogP contribution in [0.25, 0.3) is 0 Å². The van der Waals surface area contributed by atoms with Crippen LogP contribution in [0.15, 0.2) is 65.4 Å². The number of fused-ring (bicyclic) bond motifs is 1. The van der Waals surface area contributed by atoms with Crippen molar-refractivity contribution in [2.24, 2.45) is 5.10 Å². The van der Waals surface area contributed by atoms with Gasteiger partial charge in [-0.1, -0.05) is 44.2 Å². The van der Waals surface area contributed by atoms with Crippen LogP contribution < -0.4 is 20.4 Å². The van der Waals surface area contributed by atoms with Gasteiger partial charge in [0.2, 0.25) is 0 Å². The third-order valence-electron chi connectivity index (χ3n) is 4.98. The summed E-state index contributed by atoms with van der Waals surface area (Å²) in [6.07, 6.45) is 3.56. The molecule has 6 nitrogen and oxygen atoms in total. The van der Waals surface area contributed by atoms with Crippen LogP contribution >= 0.6 is 0 Å². The number of carbonyl (C=O) groups is 1. The first-order valence-corrected chi connectivity index (χ1v) is 9.18. The Bertz CT molecular complexity index is 918. The third-order valence-corrected chi connectivity index (χ3v) is 4.98. The molecule has 0 saturated heterocycles. The summed E-state index contributed by atoms with van der Waals surface area (Å²) in [5, 5.41) is 7.10. The van der Waals surface area contributed by atoms with Gasteiger partial charge < -0.3 is 15.0 Å². The minimum Gasteiger partial charge on any atom is -0.495 e. The zero-order valence-electron chi connectivity index (χ0n) is 16.7. The zero-order chi connectivity index (χ0) is 20.1. The Kier molecular flexibility index (Phi) is 5.68. The van der Waals surface area contributed by atoms with E-state index in [0.717, 1.165) is 11.4 Å². The van der Waals surface area contributed by atoms with Gasteiger partial charge in [0.05, 0.1) is 19.3 Å². The van der Waals surface area contributed by atoms with Crippen molar-refractivity contribution in [2.75, 3.05) is 30.9 Å². The van der Waals surface area contributed by atoms with Crippen LogP contribution in [0, 0.1) is 0 Å². The first-order valence-electron chi connectivity index (χ1n) is 9.18. The smallest absolute Gasteiger partial charge is 0.259 e. The SMILES string of the molecule is COc1ccccc1NCC(=O)N/N=C/C=C1/N(C)c2ccccc2C1(C)C. The molecular weight excluding hydrogens is 352 g/mol. The lowest BCUT2D eigenvalue weighted by Crippen LogP contribution is -2.26. The molecular formula is C22H26N4O2. The molecule has 2 aromatic carbocycles. The fraction of sp³-hybridized carbons (Fsp3) is 0.273. The van der Waals surface area contributed by atoms with Crippen molar-refractivity contribution in [1.29, 1.82) is 0 Å². The number of ether oxygens (including phenoxy) is 1. The number of hydrogen-bond acceptors (Lipinski definition) is 5. The molecule has 146 valence electrons. The largest absolute Gasteiger partial charge is 0.495 e. The van der Waals surface area contributed by atoms with E-state index in [2.05, 4.69) is 52.8 Å². The van der Waals surface area contributed by atoms with E-state index in [1.165, 1.54) is 11.3 Å². The summed E-state index contributed by atoms with van der Waals surface area (Å²) >= 11 is 0. The van der Waals surface area contributed by atoms with Gasteiger partial charge in [-0.05, 0) is 29.8 Å². The fourth-order valence-electron chi connectivity index (χ4n) is 3.52. The molecule has 0 fully saturated rings. The van der Waals surface area contributed by atoms with E-state index in [9.17, 15) is 4.79 Å². The summed E-state index contributed by atoms with van der Waals surface area (Å²) in [4.78, 5) is 14.2. The zero-order valence-corrected chi connectivity index (χ0v) is 16.7. The highest BCUT2D eigenvalue weighted by molar-refractivity contribution is 5.84. The first kappa shape index (κ1) is 19.5. The van der Waals surface area contributed by atoms with Gasteiger partial charge in [0.1, 0.15) is 5.75 Å². The van der Waals surface area contributed by atoms with Crippen molar-refractivity contribution in [3.05, 3.63) is 65.9 Å². The maximum Gasteiger partial charge on any atom is 0.259 e. The summed E-state index contributed by atoms with van der Waals surface area (Å²) < 4.78 is 5.25. The van der Waals surface area contributed by atoms with E-state index in [0.29, 0.717) is 5.75 Å². The van der Waals surface area contributed by atoms with Crippen LogP contribution in [0.5, 0.6) is 5.75 Å². The van der Waals surface area contributed by atoms with Gasteiger partial charge in [-0.2, -0.15) is 5.10 Å². The molecule has 0 aliphatic carbocycles. The number of carbonyl (C=O) groups excluding carboxylic acids is 1. The van der Waals surface area contributed by atoms with Crippen LogP contribution in [0.1, 0.15) is 19.4 Å². The molecule has 0 unspecified atom stereocenters. The van der Waals surface area contributed by atoms with Crippen LogP contribution in [0.4, 0.5) is 11.4 Å². The number of methoxy groups -OCH3 is 1. The molecule has 1 aliphatic rings. The molecule has 3 rings (SSSR count). The average Bonchev–Trinajstić information content (AvgIpc) is 2.90. The molecule has 0 bridgehead atoms. The van der Waals surface area contributed by atoms with Gasteiger partial charge in [0.25, 0.3) is 5.91 Å². The Labute approximate surface area is 165 Å². The van der Waals surface area contributed by atoms with E-state index in [4.69, 9.17) is 4.74 Å². The molecule has 0 radical (unpaired) electrons. The summed E-state index contributed by atoms with van der Waals surface area (Å²) in [6, 6.07) is 15.8. The van der Waals surface area contributed by atoms with Gasteiger partial charge in [-0.3, -0.25) is 4.79 Å². The van der Waals surface area contributed by atoms with E-state index < -0.39 is 0 Å². The summed E-state index contributed by atoms with van der Waals surface area (Å²) in [7, 11) is 3.64. The molecule has 0 atom stereocenters. The van der Waals surface area contributed by atoms with E-state index >= 15 is 0 Å². The quantitative estimate of drug-likeness (QED) is 0.596. The summed E-state index contributed by atoms with van der Waals surface area (Å²) in [5.74, 6) is 0.456. The second-order valence-electron chi connectivity index (χ2n) is 7.12. The number of nitrogens with one attached hydrogen (secondary N) is 2. The molecule has 28 heavy (non-hydrogen) atoms. The number of benzene rings is 2. The molecule has 1 heterocycles. The molecule has 0 spiro atoms. The Morgan fingerprint density at radius 2 is 1.89 bits per heavy atom. The topological polar surface area (TPSA) is 66.0 Å². The molecule has 6 heteroatoms. The van der Waals surface area contributed by atoms with Crippen molar-refractivity contribution in [2.45, 2.75) is 19.3 Å². The standard InChI is InChI=1S/C22H26N4O2/c1-22(2)16-9-5-7-11-18(16)26(3)20(22)13-14-24-25-21(27)15-23-17-10-6-8-12-19(17)28-4/h5-14,23H,15H2,1-4H3,(H,25,27)/b20-13+,24-14+. The third kappa shape index (κ3) is 3.86. The maximum atomic E-state index is 12.0. The van der Waals surface area contributed by atoms with E-state index in [-0.39, 0.29) is 17.9 Å². The van der Waals surface area contributed by atoms with Crippen molar-refractivity contribution in [1.82, 2.24) is 5.43 Å². The van der Waals surface area contributed by atoms with Crippen LogP contribution in [0.3, 0.4) is 0 Å². The van der Waals surface area contributed by atoms with E-state index in [1.807, 2.05) is 43.5 Å². The molecule has 0 aromatic heterocycles. The van der Waals surface area contributed by atoms with Crippen molar-refractivity contribution < 1.29 is 9.53 Å². The second-order valence-corrected chi connectivity index (χ2v) is 7.12. The number of likely N-dealkylation sites (N-methyl/N-ethyl adjacent to an activating group) is 1. The first-order chi connectivity index (χ1) is 13.4. The second kappa shape index (κ2) is 8.17. The normalized spacial score (nSPS) is 16.3.